The number of nitrogens with zero attached hydrogens (tertiary/aromatic N) is 1. The van der Waals surface area contributed by atoms with E-state index in [2.05, 4.69) is 15.5 Å². The van der Waals surface area contributed by atoms with Gasteiger partial charge in [0.15, 0.2) is 0 Å². The number of carbonyl (C=O) groups is 1. The van der Waals surface area contributed by atoms with Gasteiger partial charge in [0.2, 0.25) is 5.91 Å². The first-order valence-electron chi connectivity index (χ1n) is 7.41. The molecule has 4 heteroatoms. The van der Waals surface area contributed by atoms with Crippen molar-refractivity contribution in [2.24, 2.45) is 11.8 Å². The van der Waals surface area contributed by atoms with E-state index in [9.17, 15) is 4.79 Å². The Bertz CT molecular complexity index is 264. The highest BCUT2D eigenvalue weighted by molar-refractivity contribution is 5.72. The number of piperidine rings is 2. The molecule has 2 aliphatic heterocycles. The molecule has 0 aromatic carbocycles. The Balaban J connectivity index is 1.70. The Morgan fingerprint density at radius 2 is 2.06 bits per heavy atom. The van der Waals surface area contributed by atoms with Gasteiger partial charge in [0.25, 0.3) is 0 Å². The summed E-state index contributed by atoms with van der Waals surface area (Å²) in [5, 5.41) is 6.39. The van der Waals surface area contributed by atoms with E-state index in [4.69, 9.17) is 0 Å². The van der Waals surface area contributed by atoms with Crippen LogP contribution < -0.4 is 10.6 Å². The standard InChI is InChI=1S/C14H27N3O/c1-12(18)16-9-14-3-2-8-17(11-14)10-13-4-6-15-7-5-13/h13-15H,2-11H2,1H3,(H,16,18). The zero-order valence-electron chi connectivity index (χ0n) is 11.6. The van der Waals surface area contributed by atoms with Crippen LogP contribution in [0.15, 0.2) is 0 Å². The van der Waals surface area contributed by atoms with Crippen molar-refractivity contribution in [3.8, 4) is 0 Å². The summed E-state index contributed by atoms with van der Waals surface area (Å²) in [6, 6.07) is 0. The molecule has 104 valence electrons. The summed E-state index contributed by atoms with van der Waals surface area (Å²) in [5.41, 5.74) is 0. The molecule has 0 radical (unpaired) electrons. The van der Waals surface area contributed by atoms with Gasteiger partial charge in [0.1, 0.15) is 0 Å². The third kappa shape index (κ3) is 4.58. The van der Waals surface area contributed by atoms with E-state index in [0.29, 0.717) is 5.92 Å². The van der Waals surface area contributed by atoms with Crippen LogP contribution in [0, 0.1) is 11.8 Å². The van der Waals surface area contributed by atoms with Crippen molar-refractivity contribution in [3.05, 3.63) is 0 Å². The van der Waals surface area contributed by atoms with E-state index in [1.165, 1.54) is 58.4 Å². The molecule has 0 aromatic rings. The molecule has 2 fully saturated rings. The minimum atomic E-state index is 0.102. The lowest BCUT2D eigenvalue weighted by molar-refractivity contribution is -0.119. The minimum absolute atomic E-state index is 0.102. The van der Waals surface area contributed by atoms with Crippen LogP contribution in [0.5, 0.6) is 0 Å². The zero-order valence-corrected chi connectivity index (χ0v) is 11.6. The number of nitrogens with one attached hydrogen (secondary N) is 2. The molecular formula is C14H27N3O. The zero-order chi connectivity index (χ0) is 12.8. The number of hydrogen-bond donors (Lipinski definition) is 2. The lowest BCUT2D eigenvalue weighted by Crippen LogP contribution is -2.43. The van der Waals surface area contributed by atoms with Crippen molar-refractivity contribution < 1.29 is 4.79 Å². The van der Waals surface area contributed by atoms with Gasteiger partial charge in [0, 0.05) is 26.6 Å². The maximum atomic E-state index is 11.0. The maximum absolute atomic E-state index is 11.0. The molecule has 1 unspecified atom stereocenters. The Morgan fingerprint density at radius 3 is 2.78 bits per heavy atom. The largest absolute Gasteiger partial charge is 0.356 e. The van der Waals surface area contributed by atoms with E-state index in [0.717, 1.165) is 12.5 Å². The van der Waals surface area contributed by atoms with Crippen molar-refractivity contribution in [2.75, 3.05) is 39.3 Å². The molecule has 4 nitrogen and oxygen atoms in total. The van der Waals surface area contributed by atoms with Gasteiger partial charge in [-0.15, -0.1) is 0 Å². The van der Waals surface area contributed by atoms with Gasteiger partial charge in [-0.25, -0.2) is 0 Å². The molecule has 1 atom stereocenters. The van der Waals surface area contributed by atoms with Crippen molar-refractivity contribution in [1.82, 2.24) is 15.5 Å². The second kappa shape index (κ2) is 7.10. The summed E-state index contributed by atoms with van der Waals surface area (Å²) in [5.74, 6) is 1.64. The smallest absolute Gasteiger partial charge is 0.216 e. The Morgan fingerprint density at radius 1 is 1.28 bits per heavy atom. The quantitative estimate of drug-likeness (QED) is 0.780. The van der Waals surface area contributed by atoms with Crippen LogP contribution in [0.3, 0.4) is 0 Å². The van der Waals surface area contributed by atoms with Crippen LogP contribution in [-0.4, -0.2) is 50.1 Å². The van der Waals surface area contributed by atoms with Crippen LogP contribution in [0.4, 0.5) is 0 Å². The summed E-state index contributed by atoms with van der Waals surface area (Å²) in [4.78, 5) is 13.6. The molecule has 2 rings (SSSR count). The highest BCUT2D eigenvalue weighted by Gasteiger charge is 2.23. The topological polar surface area (TPSA) is 44.4 Å². The van der Waals surface area contributed by atoms with Crippen molar-refractivity contribution in [2.45, 2.75) is 32.6 Å². The number of carbonyl (C=O) groups excluding carboxylic acids is 1. The van der Waals surface area contributed by atoms with Crippen molar-refractivity contribution in [1.29, 1.82) is 0 Å². The van der Waals surface area contributed by atoms with Crippen LogP contribution >= 0.6 is 0 Å². The van der Waals surface area contributed by atoms with Gasteiger partial charge in [-0.1, -0.05) is 0 Å². The molecule has 18 heavy (non-hydrogen) atoms. The van der Waals surface area contributed by atoms with Gasteiger partial charge in [0.05, 0.1) is 0 Å². The third-order valence-corrected chi connectivity index (χ3v) is 4.22. The fourth-order valence-electron chi connectivity index (χ4n) is 3.20. The van der Waals surface area contributed by atoms with Crippen LogP contribution in [0.1, 0.15) is 32.6 Å². The van der Waals surface area contributed by atoms with Crippen LogP contribution in [0.25, 0.3) is 0 Å². The van der Waals surface area contributed by atoms with E-state index >= 15 is 0 Å². The Kier molecular flexibility index (Phi) is 5.45. The molecule has 0 bridgehead atoms. The summed E-state index contributed by atoms with van der Waals surface area (Å²) in [6.45, 7) is 8.53. The first-order chi connectivity index (χ1) is 8.74. The molecule has 0 saturated carbocycles. The predicted octanol–water partition coefficient (Wildman–Crippen LogP) is 0.834. The number of amides is 1. The number of rotatable bonds is 4. The monoisotopic (exact) mass is 253 g/mol. The van der Waals surface area contributed by atoms with Gasteiger partial charge < -0.3 is 15.5 Å². The fraction of sp³-hybridized carbons (Fsp3) is 0.929. The Hall–Kier alpha value is -0.610. The van der Waals surface area contributed by atoms with Crippen molar-refractivity contribution in [3.63, 3.8) is 0 Å². The van der Waals surface area contributed by atoms with Crippen LogP contribution in [0.2, 0.25) is 0 Å². The summed E-state index contributed by atoms with van der Waals surface area (Å²) < 4.78 is 0. The molecule has 0 aliphatic carbocycles. The molecule has 2 saturated heterocycles. The van der Waals surface area contributed by atoms with E-state index < -0.39 is 0 Å². The second-order valence-electron chi connectivity index (χ2n) is 5.90. The van der Waals surface area contributed by atoms with Gasteiger partial charge in [-0.2, -0.15) is 0 Å². The minimum Gasteiger partial charge on any atom is -0.356 e. The predicted molar refractivity (Wildman–Crippen MR) is 73.4 cm³/mol. The van der Waals surface area contributed by atoms with E-state index in [1.807, 2.05) is 0 Å². The SMILES string of the molecule is CC(=O)NCC1CCCN(CC2CCNCC2)C1. The molecule has 0 aromatic heterocycles. The molecule has 1 amide bonds. The van der Waals surface area contributed by atoms with Gasteiger partial charge >= 0.3 is 0 Å². The molecule has 2 aliphatic rings. The average molecular weight is 253 g/mol. The molecule has 2 heterocycles. The second-order valence-corrected chi connectivity index (χ2v) is 5.90. The normalized spacial score (nSPS) is 27.1. The summed E-state index contributed by atoms with van der Waals surface area (Å²) in [7, 11) is 0. The van der Waals surface area contributed by atoms with Gasteiger partial charge in [-0.05, 0) is 57.2 Å². The van der Waals surface area contributed by atoms with Crippen LogP contribution in [-0.2, 0) is 4.79 Å². The lowest BCUT2D eigenvalue weighted by atomic mass is 9.93. The number of hydrogen-bond acceptors (Lipinski definition) is 3. The summed E-state index contributed by atoms with van der Waals surface area (Å²) in [6.07, 6.45) is 5.21. The van der Waals surface area contributed by atoms with Gasteiger partial charge in [-0.3, -0.25) is 4.79 Å². The van der Waals surface area contributed by atoms with Crippen molar-refractivity contribution >= 4 is 5.91 Å². The fourth-order valence-corrected chi connectivity index (χ4v) is 3.20. The third-order valence-electron chi connectivity index (χ3n) is 4.22. The maximum Gasteiger partial charge on any atom is 0.216 e. The van der Waals surface area contributed by atoms with E-state index in [1.54, 1.807) is 6.92 Å². The number of likely N-dealkylation sites (tertiary alicyclic amines) is 1. The Labute approximate surface area is 110 Å². The molecular weight excluding hydrogens is 226 g/mol. The summed E-state index contributed by atoms with van der Waals surface area (Å²) >= 11 is 0. The first kappa shape index (κ1) is 13.8. The highest BCUT2D eigenvalue weighted by atomic mass is 16.1. The highest BCUT2D eigenvalue weighted by Crippen LogP contribution is 2.20. The molecule has 0 spiro atoms. The molecule has 2 N–H and O–H groups in total. The first-order valence-corrected chi connectivity index (χ1v) is 7.41. The average Bonchev–Trinajstić information content (AvgIpc) is 2.38. The van der Waals surface area contributed by atoms with E-state index in [-0.39, 0.29) is 5.91 Å². The lowest BCUT2D eigenvalue weighted by Gasteiger charge is -2.36.